The molecule has 0 radical (unpaired) electrons. The standard InChI is InChI=1S/C15H16N2O6S2.K.H/c1-15(2)9(14(22)23)17-11(19)8(12(17)25-15)16-10(18)7(13(20)21)6-3-4-24-5-6;;/h3-5,7-9,12H,1-2H3,(H,16,18)(H,20,21)(H,22,23);;/q;+1;-1/t7?,8-,9+,12-;;/m1../s1. The van der Waals surface area contributed by atoms with Gasteiger partial charge in [0, 0.05) is 4.75 Å². The summed E-state index contributed by atoms with van der Waals surface area (Å²) >= 11 is 2.56. The molecule has 1 aromatic heterocycles. The molecule has 2 saturated heterocycles. The van der Waals surface area contributed by atoms with E-state index in [1.54, 1.807) is 30.7 Å². The van der Waals surface area contributed by atoms with Crippen molar-refractivity contribution < 1.29 is 82.2 Å². The third kappa shape index (κ3) is 3.62. The first-order valence-electron chi connectivity index (χ1n) is 7.43. The van der Waals surface area contributed by atoms with E-state index in [0.717, 1.165) is 0 Å². The van der Waals surface area contributed by atoms with Crippen LogP contribution in [0.5, 0.6) is 0 Å². The van der Waals surface area contributed by atoms with Crippen LogP contribution in [0.15, 0.2) is 16.8 Å². The van der Waals surface area contributed by atoms with Gasteiger partial charge in [-0.1, -0.05) is 0 Å². The number of rotatable bonds is 5. The molecule has 136 valence electrons. The molecule has 0 bridgehead atoms. The number of amides is 2. The molecule has 2 aliphatic rings. The Balaban J connectivity index is 0.00000182. The van der Waals surface area contributed by atoms with Crippen LogP contribution in [0.3, 0.4) is 0 Å². The fraction of sp³-hybridized carbons (Fsp3) is 0.467. The quantitative estimate of drug-likeness (QED) is 0.275. The largest absolute Gasteiger partial charge is 1.00 e. The minimum atomic E-state index is -1.40. The third-order valence-electron chi connectivity index (χ3n) is 4.36. The SMILES string of the molecule is CC1(C)S[C@@H]2[C@H](NC(=O)C(C(=O)O)c3ccsc3)C(=O)N2[C@H]1C(=O)O.[H-].[K+]. The van der Waals surface area contributed by atoms with Gasteiger partial charge in [0.05, 0.1) is 0 Å². The van der Waals surface area contributed by atoms with Crippen molar-refractivity contribution in [3.05, 3.63) is 22.4 Å². The van der Waals surface area contributed by atoms with Gasteiger partial charge in [-0.15, -0.1) is 11.8 Å². The predicted molar refractivity (Wildman–Crippen MR) is 91.5 cm³/mol. The molecule has 0 saturated carbocycles. The van der Waals surface area contributed by atoms with Gasteiger partial charge < -0.3 is 21.9 Å². The second kappa shape index (κ2) is 7.90. The summed E-state index contributed by atoms with van der Waals surface area (Å²) < 4.78 is -0.703. The monoisotopic (exact) mass is 424 g/mol. The Bertz CT molecular complexity index is 759. The first-order valence-corrected chi connectivity index (χ1v) is 9.25. The van der Waals surface area contributed by atoms with Crippen molar-refractivity contribution in [1.29, 1.82) is 0 Å². The zero-order valence-electron chi connectivity index (χ0n) is 15.3. The topological polar surface area (TPSA) is 124 Å². The Labute approximate surface area is 201 Å². The molecular formula is C15H17KN2O6S2. The fourth-order valence-corrected chi connectivity index (χ4v) is 5.54. The van der Waals surface area contributed by atoms with Gasteiger partial charge in [-0.3, -0.25) is 14.4 Å². The summed E-state index contributed by atoms with van der Waals surface area (Å²) in [6, 6.07) is -0.344. The predicted octanol–water partition coefficient (Wildman–Crippen LogP) is -2.34. The molecule has 3 N–H and O–H groups in total. The maximum absolute atomic E-state index is 12.4. The Morgan fingerprint density at radius 1 is 1.35 bits per heavy atom. The second-order valence-electron chi connectivity index (χ2n) is 6.41. The number of fused-ring (bicyclic) bond motifs is 1. The van der Waals surface area contributed by atoms with Crippen molar-refractivity contribution in [3.8, 4) is 0 Å². The van der Waals surface area contributed by atoms with Crippen molar-refractivity contribution in [2.75, 3.05) is 0 Å². The zero-order valence-corrected chi connectivity index (χ0v) is 19.1. The summed E-state index contributed by atoms with van der Waals surface area (Å²) in [4.78, 5) is 48.9. The average Bonchev–Trinajstić information content (AvgIpc) is 3.09. The Morgan fingerprint density at radius 3 is 2.50 bits per heavy atom. The number of thioether (sulfide) groups is 1. The number of hydrogen-bond acceptors (Lipinski definition) is 6. The van der Waals surface area contributed by atoms with E-state index in [2.05, 4.69) is 5.32 Å². The first kappa shape index (κ1) is 21.9. The van der Waals surface area contributed by atoms with Gasteiger partial charge in [-0.25, -0.2) is 4.79 Å². The molecule has 2 aliphatic heterocycles. The van der Waals surface area contributed by atoms with E-state index in [1.807, 2.05) is 0 Å². The number of carbonyl (C=O) groups is 4. The van der Waals surface area contributed by atoms with Gasteiger partial charge in [0.25, 0.3) is 0 Å². The first-order chi connectivity index (χ1) is 11.6. The normalized spacial score (nSPS) is 26.9. The molecule has 4 atom stereocenters. The summed E-state index contributed by atoms with van der Waals surface area (Å²) in [6.45, 7) is 3.46. The number of hydrogen-bond donors (Lipinski definition) is 3. The van der Waals surface area contributed by atoms with Gasteiger partial charge >= 0.3 is 63.3 Å². The molecule has 11 heteroatoms. The van der Waals surface area contributed by atoms with Gasteiger partial charge in [0.2, 0.25) is 11.8 Å². The second-order valence-corrected chi connectivity index (χ2v) is 8.96. The Kier molecular flexibility index (Phi) is 6.64. The van der Waals surface area contributed by atoms with E-state index in [1.165, 1.54) is 28.0 Å². The molecule has 2 fully saturated rings. The molecule has 2 amide bonds. The minimum absolute atomic E-state index is 0. The van der Waals surface area contributed by atoms with Crippen molar-refractivity contribution in [2.45, 2.75) is 42.0 Å². The number of carboxylic acids is 2. The van der Waals surface area contributed by atoms with Crippen LogP contribution < -0.4 is 56.7 Å². The molecule has 1 aromatic rings. The summed E-state index contributed by atoms with van der Waals surface area (Å²) in [7, 11) is 0. The summed E-state index contributed by atoms with van der Waals surface area (Å²) in [5.41, 5.74) is 0.349. The number of thiophene rings is 1. The van der Waals surface area contributed by atoms with Crippen LogP contribution >= 0.6 is 23.1 Å². The number of β-lactam (4-membered cyclic amide) rings is 1. The number of nitrogens with zero attached hydrogens (tertiary/aromatic N) is 1. The van der Waals surface area contributed by atoms with E-state index in [4.69, 9.17) is 0 Å². The van der Waals surface area contributed by atoms with Crippen LogP contribution in [0.25, 0.3) is 0 Å². The number of carboxylic acid groups (broad SMARTS) is 2. The van der Waals surface area contributed by atoms with Gasteiger partial charge in [0.1, 0.15) is 17.5 Å². The average molecular weight is 425 g/mol. The van der Waals surface area contributed by atoms with Gasteiger partial charge in [-0.2, -0.15) is 11.3 Å². The fourth-order valence-electron chi connectivity index (χ4n) is 3.23. The van der Waals surface area contributed by atoms with E-state index in [9.17, 15) is 29.4 Å². The number of carbonyl (C=O) groups excluding carboxylic acids is 2. The van der Waals surface area contributed by atoms with Crippen LogP contribution in [-0.2, 0) is 19.2 Å². The number of nitrogens with one attached hydrogen (secondary N) is 1. The summed E-state index contributed by atoms with van der Waals surface area (Å²) in [5, 5.41) is 23.9. The van der Waals surface area contributed by atoms with Crippen molar-refractivity contribution >= 4 is 46.9 Å². The smallest absolute Gasteiger partial charge is 1.00 e. The van der Waals surface area contributed by atoms with E-state index < -0.39 is 51.9 Å². The molecule has 1 unspecified atom stereocenters. The molecule has 0 aliphatic carbocycles. The molecule has 3 rings (SSSR count). The molecule has 0 spiro atoms. The van der Waals surface area contributed by atoms with Crippen LogP contribution in [0.2, 0.25) is 0 Å². The van der Waals surface area contributed by atoms with Crippen LogP contribution in [0.4, 0.5) is 0 Å². The van der Waals surface area contributed by atoms with Crippen LogP contribution in [0, 0.1) is 0 Å². The maximum Gasteiger partial charge on any atom is 1.00 e. The third-order valence-corrected chi connectivity index (χ3v) is 6.63. The van der Waals surface area contributed by atoms with E-state index in [-0.39, 0.29) is 52.8 Å². The summed E-state index contributed by atoms with van der Waals surface area (Å²) in [5.74, 6) is -5.08. The van der Waals surface area contributed by atoms with Crippen molar-refractivity contribution in [2.24, 2.45) is 0 Å². The molecule has 26 heavy (non-hydrogen) atoms. The Hall–Kier alpha value is -0.434. The molecule has 0 aromatic carbocycles. The Morgan fingerprint density at radius 2 is 2.00 bits per heavy atom. The molecule has 3 heterocycles. The number of aliphatic carboxylic acids is 2. The zero-order chi connectivity index (χ0) is 18.5. The minimum Gasteiger partial charge on any atom is -1.00 e. The molecular weight excluding hydrogens is 407 g/mol. The van der Waals surface area contributed by atoms with Crippen LogP contribution in [-0.4, -0.2) is 61.1 Å². The van der Waals surface area contributed by atoms with Crippen LogP contribution in [0.1, 0.15) is 26.8 Å². The van der Waals surface area contributed by atoms with E-state index in [0.29, 0.717) is 5.56 Å². The molecule has 8 nitrogen and oxygen atoms in total. The van der Waals surface area contributed by atoms with Crippen molar-refractivity contribution in [3.63, 3.8) is 0 Å². The van der Waals surface area contributed by atoms with Gasteiger partial charge in [-0.05, 0) is 36.2 Å². The summed E-state index contributed by atoms with van der Waals surface area (Å²) in [6.07, 6.45) is 0. The maximum atomic E-state index is 12.4. The van der Waals surface area contributed by atoms with Crippen molar-refractivity contribution in [1.82, 2.24) is 10.2 Å². The van der Waals surface area contributed by atoms with E-state index >= 15 is 0 Å². The van der Waals surface area contributed by atoms with Gasteiger partial charge in [0.15, 0.2) is 5.92 Å².